The molecule has 0 N–H and O–H groups in total. The molecule has 0 saturated carbocycles. The van der Waals surface area contributed by atoms with Crippen molar-refractivity contribution in [3.05, 3.63) is 50.7 Å². The Bertz CT molecular complexity index is 620. The lowest BCUT2D eigenvalue weighted by atomic mass is 10.1. The molecule has 8 heteroatoms. The molecule has 0 aliphatic carbocycles. The monoisotopic (exact) mass is 338 g/mol. The van der Waals surface area contributed by atoms with Crippen LogP contribution >= 0.6 is 11.6 Å². The fraction of sp³-hybridized carbons (Fsp3) is 0.533. The summed E-state index contributed by atoms with van der Waals surface area (Å²) in [6.07, 6.45) is 2.72. The molecule has 1 aromatic rings. The summed E-state index contributed by atoms with van der Waals surface area (Å²) in [4.78, 5) is 19.3. The minimum absolute atomic E-state index is 0.0768. The van der Waals surface area contributed by atoms with Crippen molar-refractivity contribution in [1.29, 1.82) is 0 Å². The molecule has 0 aromatic carbocycles. The zero-order valence-electron chi connectivity index (χ0n) is 12.9. The normalized spacial score (nSPS) is 20.9. The number of pyridine rings is 1. The largest absolute Gasteiger partial charge is 0.359 e. The first kappa shape index (κ1) is 16.0. The van der Waals surface area contributed by atoms with E-state index in [-0.39, 0.29) is 16.8 Å². The molecular formula is C15H19ClN4O3. The molecule has 1 saturated heterocycles. The Morgan fingerprint density at radius 1 is 1.48 bits per heavy atom. The Balaban J connectivity index is 1.86. The highest BCUT2D eigenvalue weighted by molar-refractivity contribution is 6.29. The highest BCUT2D eigenvalue weighted by Gasteiger charge is 2.41. The third-order valence-electron chi connectivity index (χ3n) is 4.16. The summed E-state index contributed by atoms with van der Waals surface area (Å²) < 4.78 is 5.75. The van der Waals surface area contributed by atoms with Crippen LogP contribution in [-0.4, -0.2) is 45.6 Å². The summed E-state index contributed by atoms with van der Waals surface area (Å²) in [5.41, 5.74) is 1.25. The van der Waals surface area contributed by atoms with Gasteiger partial charge in [0.2, 0.25) is 0 Å². The van der Waals surface area contributed by atoms with Crippen LogP contribution in [0.2, 0.25) is 5.15 Å². The summed E-state index contributed by atoms with van der Waals surface area (Å²) in [7, 11) is 0. The van der Waals surface area contributed by atoms with E-state index in [9.17, 15) is 10.1 Å². The quantitative estimate of drug-likeness (QED) is 0.466. The van der Waals surface area contributed by atoms with Crippen molar-refractivity contribution in [3.63, 3.8) is 0 Å². The van der Waals surface area contributed by atoms with Crippen LogP contribution in [0.15, 0.2) is 29.8 Å². The first-order valence-electron chi connectivity index (χ1n) is 7.71. The van der Waals surface area contributed by atoms with Gasteiger partial charge in [0.1, 0.15) is 11.4 Å². The Labute approximate surface area is 139 Å². The highest BCUT2D eigenvalue weighted by atomic mass is 35.5. The molecule has 0 radical (unpaired) electrons. The average Bonchev–Trinajstić information content (AvgIpc) is 2.94. The van der Waals surface area contributed by atoms with Gasteiger partial charge in [0.05, 0.1) is 4.92 Å². The van der Waals surface area contributed by atoms with Gasteiger partial charge in [-0.1, -0.05) is 17.7 Å². The number of nitrogens with zero attached hydrogens (tertiary/aromatic N) is 4. The lowest BCUT2D eigenvalue weighted by Crippen LogP contribution is -2.40. The smallest absolute Gasteiger partial charge is 0.286 e. The van der Waals surface area contributed by atoms with E-state index in [0.29, 0.717) is 37.0 Å². The Morgan fingerprint density at radius 2 is 2.30 bits per heavy atom. The first-order valence-corrected chi connectivity index (χ1v) is 8.09. The van der Waals surface area contributed by atoms with Gasteiger partial charge in [-0.3, -0.25) is 10.1 Å². The van der Waals surface area contributed by atoms with Gasteiger partial charge >= 0.3 is 0 Å². The van der Waals surface area contributed by atoms with Crippen LogP contribution in [-0.2, 0) is 11.3 Å². The predicted molar refractivity (Wildman–Crippen MR) is 85.0 cm³/mol. The van der Waals surface area contributed by atoms with Crippen molar-refractivity contribution >= 4 is 11.6 Å². The van der Waals surface area contributed by atoms with Gasteiger partial charge in [-0.15, -0.1) is 0 Å². The molecule has 3 rings (SSSR count). The van der Waals surface area contributed by atoms with Gasteiger partial charge in [-0.25, -0.2) is 4.98 Å². The Morgan fingerprint density at radius 3 is 2.96 bits per heavy atom. The lowest BCUT2D eigenvalue weighted by Gasteiger charge is -2.34. The van der Waals surface area contributed by atoms with Crippen molar-refractivity contribution in [3.8, 4) is 0 Å². The number of nitro groups is 1. The number of aromatic nitrogens is 1. The van der Waals surface area contributed by atoms with E-state index >= 15 is 0 Å². The van der Waals surface area contributed by atoms with E-state index in [0.717, 1.165) is 18.7 Å². The molecule has 0 amide bonds. The van der Waals surface area contributed by atoms with Crippen LogP contribution in [0.25, 0.3) is 0 Å². The van der Waals surface area contributed by atoms with Crippen LogP contribution in [0.1, 0.15) is 25.3 Å². The van der Waals surface area contributed by atoms with E-state index < -0.39 is 0 Å². The number of rotatable bonds is 5. The fourth-order valence-corrected chi connectivity index (χ4v) is 3.30. The first-order chi connectivity index (χ1) is 11.1. The molecule has 2 aliphatic heterocycles. The predicted octanol–water partition coefficient (Wildman–Crippen LogP) is 2.45. The summed E-state index contributed by atoms with van der Waals surface area (Å²) in [5.74, 6) is 0.689. The van der Waals surface area contributed by atoms with E-state index in [1.807, 2.05) is 22.8 Å². The molecule has 0 spiro atoms. The molecule has 3 heterocycles. The molecule has 1 atom stereocenters. The number of ether oxygens (including phenoxy) is 1. The van der Waals surface area contributed by atoms with Gasteiger partial charge in [0.15, 0.2) is 5.82 Å². The van der Waals surface area contributed by atoms with Gasteiger partial charge in [0.25, 0.3) is 5.70 Å². The van der Waals surface area contributed by atoms with Gasteiger partial charge in [-0.2, -0.15) is 0 Å². The van der Waals surface area contributed by atoms with Crippen molar-refractivity contribution in [2.45, 2.75) is 32.5 Å². The number of halogens is 1. The topological polar surface area (TPSA) is 71.7 Å². The second-order valence-electron chi connectivity index (χ2n) is 5.58. The molecule has 23 heavy (non-hydrogen) atoms. The second-order valence-corrected chi connectivity index (χ2v) is 5.97. The zero-order valence-corrected chi connectivity index (χ0v) is 13.7. The van der Waals surface area contributed by atoms with Crippen molar-refractivity contribution in [2.75, 3.05) is 19.7 Å². The molecule has 7 nitrogen and oxygen atoms in total. The highest BCUT2D eigenvalue weighted by Crippen LogP contribution is 2.34. The van der Waals surface area contributed by atoms with Crippen LogP contribution in [0.5, 0.6) is 0 Å². The molecule has 1 fully saturated rings. The van der Waals surface area contributed by atoms with E-state index in [1.54, 1.807) is 12.3 Å². The second kappa shape index (κ2) is 6.72. The molecular weight excluding hydrogens is 320 g/mol. The maximum absolute atomic E-state index is 11.4. The molecule has 1 unspecified atom stereocenters. The maximum atomic E-state index is 11.4. The van der Waals surface area contributed by atoms with Gasteiger partial charge in [0, 0.05) is 45.3 Å². The standard InChI is InChI=1S/C15H19ClN4O3/c1-2-23-14-6-4-12(20(21)22)15-18(7-8-19(14)15)10-11-3-5-13(16)17-9-11/h3,5,9,14H,2,4,6-8,10H2,1H3. The fourth-order valence-electron chi connectivity index (χ4n) is 3.19. The summed E-state index contributed by atoms with van der Waals surface area (Å²) in [6, 6.07) is 3.63. The number of hydrogen-bond donors (Lipinski definition) is 0. The molecule has 1 aromatic heterocycles. The lowest BCUT2D eigenvalue weighted by molar-refractivity contribution is -0.433. The Hall–Kier alpha value is -1.86. The SMILES string of the molecule is CCOC1CCC([N+](=O)[O-])=C2N(Cc3ccc(Cl)nc3)CCN21. The zero-order chi connectivity index (χ0) is 16.4. The van der Waals surface area contributed by atoms with Crippen LogP contribution in [0.3, 0.4) is 0 Å². The van der Waals surface area contributed by atoms with Crippen molar-refractivity contribution in [2.24, 2.45) is 0 Å². The van der Waals surface area contributed by atoms with Crippen molar-refractivity contribution in [1.82, 2.24) is 14.8 Å². The number of allylic oxidation sites excluding steroid dienone is 1. The summed E-state index contributed by atoms with van der Waals surface area (Å²) in [6.45, 7) is 4.59. The third-order valence-corrected chi connectivity index (χ3v) is 4.38. The van der Waals surface area contributed by atoms with Crippen LogP contribution in [0, 0.1) is 10.1 Å². The Kier molecular flexibility index (Phi) is 4.68. The van der Waals surface area contributed by atoms with E-state index in [1.165, 1.54) is 0 Å². The molecule has 0 bridgehead atoms. The maximum Gasteiger partial charge on any atom is 0.286 e. The van der Waals surface area contributed by atoms with Crippen molar-refractivity contribution < 1.29 is 9.66 Å². The van der Waals surface area contributed by atoms with Crippen LogP contribution < -0.4 is 0 Å². The average molecular weight is 339 g/mol. The van der Waals surface area contributed by atoms with E-state index in [2.05, 4.69) is 4.98 Å². The van der Waals surface area contributed by atoms with Gasteiger partial charge in [-0.05, 0) is 18.6 Å². The number of fused-ring (bicyclic) bond motifs is 1. The minimum Gasteiger partial charge on any atom is -0.359 e. The summed E-state index contributed by atoms with van der Waals surface area (Å²) >= 11 is 5.81. The minimum atomic E-state index is -0.261. The van der Waals surface area contributed by atoms with Crippen LogP contribution in [0.4, 0.5) is 0 Å². The molecule has 124 valence electrons. The molecule has 2 aliphatic rings. The van der Waals surface area contributed by atoms with E-state index in [4.69, 9.17) is 16.3 Å². The summed E-state index contributed by atoms with van der Waals surface area (Å²) in [5, 5.41) is 11.9. The third kappa shape index (κ3) is 3.25. The van der Waals surface area contributed by atoms with Gasteiger partial charge < -0.3 is 14.5 Å². The number of hydrogen-bond acceptors (Lipinski definition) is 6.